The van der Waals surface area contributed by atoms with Crippen LogP contribution in [-0.2, 0) is 24.2 Å². The highest BCUT2D eigenvalue weighted by Gasteiger charge is 2.30. The third kappa shape index (κ3) is 2.84. The second-order valence-electron chi connectivity index (χ2n) is 6.68. The van der Waals surface area contributed by atoms with Gasteiger partial charge in [0, 0.05) is 43.4 Å². The van der Waals surface area contributed by atoms with Crippen molar-refractivity contribution in [3.63, 3.8) is 0 Å². The fraction of sp³-hybridized carbons (Fsp3) is 0.750. The van der Waals surface area contributed by atoms with E-state index in [0.29, 0.717) is 18.5 Å². The first-order valence-electron chi connectivity index (χ1n) is 8.08. The molecule has 2 atom stereocenters. The number of hydrogen-bond donors (Lipinski definition) is 1. The van der Waals surface area contributed by atoms with Crippen LogP contribution in [0.4, 0.5) is 0 Å². The van der Waals surface area contributed by atoms with Gasteiger partial charge in [-0.1, -0.05) is 0 Å². The smallest absolute Gasteiger partial charge is 0.306 e. The number of likely N-dealkylation sites (tertiary alicyclic amines) is 1. The van der Waals surface area contributed by atoms with E-state index in [9.17, 15) is 4.79 Å². The monoisotopic (exact) mass is 291 g/mol. The van der Waals surface area contributed by atoms with Crippen molar-refractivity contribution in [2.24, 2.45) is 5.92 Å². The number of aliphatic carboxylic acids is 1. The summed E-state index contributed by atoms with van der Waals surface area (Å²) in [7, 11) is 0. The van der Waals surface area contributed by atoms with Crippen LogP contribution < -0.4 is 0 Å². The zero-order valence-corrected chi connectivity index (χ0v) is 13.0. The average Bonchev–Trinajstić information content (AvgIpc) is 3.06. The summed E-state index contributed by atoms with van der Waals surface area (Å²) in [6.07, 6.45) is 6.76. The molecule has 1 fully saturated rings. The summed E-state index contributed by atoms with van der Waals surface area (Å²) in [4.78, 5) is 18.3. The summed E-state index contributed by atoms with van der Waals surface area (Å²) in [6, 6.07) is 1.18. The maximum Gasteiger partial charge on any atom is 0.306 e. The molecule has 0 saturated carbocycles. The summed E-state index contributed by atoms with van der Waals surface area (Å²) >= 11 is 0. The molecular weight excluding hydrogens is 266 g/mol. The second-order valence-corrected chi connectivity index (χ2v) is 6.68. The van der Waals surface area contributed by atoms with Crippen molar-refractivity contribution in [3.05, 3.63) is 17.7 Å². The topological polar surface area (TPSA) is 58.4 Å². The van der Waals surface area contributed by atoms with E-state index in [1.807, 2.05) is 6.20 Å². The highest BCUT2D eigenvalue weighted by Crippen LogP contribution is 2.26. The number of imidazole rings is 1. The Morgan fingerprint density at radius 2 is 2.24 bits per heavy atom. The second kappa shape index (κ2) is 5.79. The maximum absolute atomic E-state index is 11.1. The molecule has 0 amide bonds. The number of nitrogens with zero attached hydrogens (tertiary/aromatic N) is 3. The number of hydrogen-bond acceptors (Lipinski definition) is 3. The van der Waals surface area contributed by atoms with Crippen LogP contribution in [0.3, 0.4) is 0 Å². The van der Waals surface area contributed by atoms with Crippen LogP contribution in [0.2, 0.25) is 0 Å². The van der Waals surface area contributed by atoms with Crippen LogP contribution >= 0.6 is 0 Å². The van der Waals surface area contributed by atoms with E-state index >= 15 is 0 Å². The molecule has 0 aromatic carbocycles. The van der Waals surface area contributed by atoms with Gasteiger partial charge in [-0.2, -0.15) is 0 Å². The van der Waals surface area contributed by atoms with Gasteiger partial charge in [-0.25, -0.2) is 4.98 Å². The lowest BCUT2D eigenvalue weighted by molar-refractivity contribution is -0.142. The predicted molar refractivity (Wildman–Crippen MR) is 80.2 cm³/mol. The quantitative estimate of drug-likeness (QED) is 0.921. The van der Waals surface area contributed by atoms with Crippen LogP contribution in [0.5, 0.6) is 0 Å². The molecule has 2 unspecified atom stereocenters. The first-order chi connectivity index (χ1) is 10.1. The summed E-state index contributed by atoms with van der Waals surface area (Å²) in [5.74, 6) is 0.234. The Hall–Kier alpha value is -1.36. The third-order valence-electron chi connectivity index (χ3n) is 5.03. The molecule has 0 bridgehead atoms. The number of carbonyl (C=O) groups is 1. The van der Waals surface area contributed by atoms with E-state index in [4.69, 9.17) is 5.11 Å². The molecule has 3 heterocycles. The minimum absolute atomic E-state index is 0.235. The molecule has 0 radical (unpaired) electrons. The van der Waals surface area contributed by atoms with Gasteiger partial charge in [0.1, 0.15) is 5.82 Å². The summed E-state index contributed by atoms with van der Waals surface area (Å²) in [5, 5.41) is 9.16. The van der Waals surface area contributed by atoms with Gasteiger partial charge in [0.2, 0.25) is 0 Å². The lowest BCUT2D eigenvalue weighted by atomic mass is 9.96. The van der Waals surface area contributed by atoms with Crippen LogP contribution in [-0.4, -0.2) is 44.2 Å². The zero-order chi connectivity index (χ0) is 15.0. The summed E-state index contributed by atoms with van der Waals surface area (Å²) in [5.41, 5.74) is 1.10. The van der Waals surface area contributed by atoms with E-state index in [1.54, 1.807) is 0 Å². The fourth-order valence-corrected chi connectivity index (χ4v) is 3.87. The standard InChI is InChI=1S/C16H25N3O2/c1-11(2)18-6-3-4-13(18)9-15-17-10-14-8-12(16(20)21)5-7-19(14)15/h10-13H,3-9H2,1-2H3,(H,20,21). The lowest BCUT2D eigenvalue weighted by Crippen LogP contribution is -2.37. The number of carboxylic acids is 1. The molecule has 1 aromatic heterocycles. The average molecular weight is 291 g/mol. The molecule has 116 valence electrons. The Morgan fingerprint density at radius 3 is 2.95 bits per heavy atom. The number of fused-ring (bicyclic) bond motifs is 1. The molecule has 1 aromatic rings. The summed E-state index contributed by atoms with van der Waals surface area (Å²) in [6.45, 7) is 6.51. The van der Waals surface area contributed by atoms with Crippen LogP contribution in [0.15, 0.2) is 6.20 Å². The summed E-state index contributed by atoms with van der Waals surface area (Å²) < 4.78 is 2.26. The maximum atomic E-state index is 11.1. The minimum atomic E-state index is -0.675. The molecule has 1 N–H and O–H groups in total. The Labute approximate surface area is 126 Å². The van der Waals surface area contributed by atoms with Crippen molar-refractivity contribution in [2.75, 3.05) is 6.54 Å². The molecule has 2 aliphatic rings. The van der Waals surface area contributed by atoms with Gasteiger partial charge in [-0.15, -0.1) is 0 Å². The third-order valence-corrected chi connectivity index (χ3v) is 5.03. The molecule has 2 aliphatic heterocycles. The van der Waals surface area contributed by atoms with Gasteiger partial charge in [0.15, 0.2) is 0 Å². The van der Waals surface area contributed by atoms with Crippen LogP contribution in [0.25, 0.3) is 0 Å². The Balaban J connectivity index is 1.72. The van der Waals surface area contributed by atoms with E-state index in [2.05, 4.69) is 28.3 Å². The minimum Gasteiger partial charge on any atom is -0.481 e. The van der Waals surface area contributed by atoms with Crippen LogP contribution in [0.1, 0.15) is 44.6 Å². The Kier molecular flexibility index (Phi) is 4.02. The normalized spacial score (nSPS) is 26.2. The highest BCUT2D eigenvalue weighted by atomic mass is 16.4. The molecule has 0 spiro atoms. The molecule has 5 heteroatoms. The zero-order valence-electron chi connectivity index (χ0n) is 13.0. The fourth-order valence-electron chi connectivity index (χ4n) is 3.87. The van der Waals surface area contributed by atoms with Gasteiger partial charge in [0.25, 0.3) is 0 Å². The molecule has 0 aliphatic carbocycles. The van der Waals surface area contributed by atoms with Crippen LogP contribution in [0, 0.1) is 5.92 Å². The van der Waals surface area contributed by atoms with Crippen molar-refractivity contribution in [1.29, 1.82) is 0 Å². The van der Waals surface area contributed by atoms with E-state index in [-0.39, 0.29) is 5.92 Å². The van der Waals surface area contributed by atoms with E-state index in [0.717, 1.165) is 30.9 Å². The van der Waals surface area contributed by atoms with Crippen molar-refractivity contribution in [2.45, 2.75) is 64.6 Å². The van der Waals surface area contributed by atoms with Gasteiger partial charge < -0.3 is 9.67 Å². The largest absolute Gasteiger partial charge is 0.481 e. The molecule has 5 nitrogen and oxygen atoms in total. The number of rotatable bonds is 4. The lowest BCUT2D eigenvalue weighted by Gasteiger charge is -2.29. The SMILES string of the molecule is CC(C)N1CCCC1Cc1ncc2n1CCC(C(=O)O)C2. The van der Waals surface area contributed by atoms with E-state index in [1.165, 1.54) is 19.4 Å². The van der Waals surface area contributed by atoms with Gasteiger partial charge in [-0.3, -0.25) is 9.69 Å². The molecule has 21 heavy (non-hydrogen) atoms. The van der Waals surface area contributed by atoms with Gasteiger partial charge in [0.05, 0.1) is 5.92 Å². The molecular formula is C16H25N3O2. The molecule has 1 saturated heterocycles. The van der Waals surface area contributed by atoms with Crippen molar-refractivity contribution in [3.8, 4) is 0 Å². The molecule has 3 rings (SSSR count). The number of carboxylic acid groups (broad SMARTS) is 1. The van der Waals surface area contributed by atoms with E-state index < -0.39 is 5.97 Å². The van der Waals surface area contributed by atoms with Crippen molar-refractivity contribution >= 4 is 5.97 Å². The first kappa shape index (κ1) is 14.6. The predicted octanol–water partition coefficient (Wildman–Crippen LogP) is 1.95. The Morgan fingerprint density at radius 1 is 1.43 bits per heavy atom. The van der Waals surface area contributed by atoms with Gasteiger partial charge >= 0.3 is 5.97 Å². The van der Waals surface area contributed by atoms with Crippen molar-refractivity contribution in [1.82, 2.24) is 14.5 Å². The first-order valence-corrected chi connectivity index (χ1v) is 8.08. The van der Waals surface area contributed by atoms with Gasteiger partial charge in [-0.05, 0) is 39.7 Å². The Bertz CT molecular complexity index is 524. The van der Waals surface area contributed by atoms with Crippen molar-refractivity contribution < 1.29 is 9.90 Å². The highest BCUT2D eigenvalue weighted by molar-refractivity contribution is 5.70. The number of aromatic nitrogens is 2.